The number of carbonyl (C=O) groups excluding carboxylic acids is 1. The number of nitrogens with zero attached hydrogens (tertiary/aromatic N) is 1. The van der Waals surface area contributed by atoms with Crippen LogP contribution >= 0.6 is 0 Å². The van der Waals surface area contributed by atoms with Crippen LogP contribution in [0.3, 0.4) is 0 Å². The molecule has 130 valence electrons. The molecular formula is C21H20N4O. The second-order valence-electron chi connectivity index (χ2n) is 6.00. The highest BCUT2D eigenvalue weighted by molar-refractivity contribution is 6.06. The van der Waals surface area contributed by atoms with Crippen molar-refractivity contribution in [1.29, 1.82) is 5.26 Å². The number of nitriles is 1. The molecule has 0 aliphatic carbocycles. The highest BCUT2D eigenvalue weighted by Crippen LogP contribution is 2.17. The zero-order valence-corrected chi connectivity index (χ0v) is 14.5. The van der Waals surface area contributed by atoms with Crippen LogP contribution in [0.2, 0.25) is 0 Å². The number of para-hydroxylation sites is 2. The number of hydrogen-bond acceptors (Lipinski definition) is 3. The number of H-pyrrole nitrogens is 1. The van der Waals surface area contributed by atoms with Crippen molar-refractivity contribution < 1.29 is 4.79 Å². The molecule has 0 fully saturated rings. The average molecular weight is 344 g/mol. The van der Waals surface area contributed by atoms with Crippen LogP contribution in [0.25, 0.3) is 10.9 Å². The fourth-order valence-corrected chi connectivity index (χ4v) is 2.77. The van der Waals surface area contributed by atoms with Gasteiger partial charge in [-0.25, -0.2) is 0 Å². The lowest BCUT2D eigenvalue weighted by Crippen LogP contribution is -2.18. The first-order valence-corrected chi connectivity index (χ1v) is 8.44. The molecule has 0 unspecified atom stereocenters. The number of anilines is 1. The number of nitrogens with one attached hydrogen (secondary N) is 3. The van der Waals surface area contributed by atoms with Gasteiger partial charge in [-0.2, -0.15) is 5.26 Å². The Morgan fingerprint density at radius 1 is 1.19 bits per heavy atom. The Labute approximate surface area is 152 Å². The Morgan fingerprint density at radius 2 is 1.96 bits per heavy atom. The van der Waals surface area contributed by atoms with E-state index in [1.807, 2.05) is 61.7 Å². The van der Waals surface area contributed by atoms with Gasteiger partial charge in [-0.3, -0.25) is 4.79 Å². The molecule has 3 rings (SSSR count). The van der Waals surface area contributed by atoms with E-state index in [-0.39, 0.29) is 5.57 Å². The van der Waals surface area contributed by atoms with Crippen molar-refractivity contribution in [3.8, 4) is 6.07 Å². The molecule has 5 heteroatoms. The Kier molecular flexibility index (Phi) is 5.35. The Balaban J connectivity index is 1.58. The molecule has 0 bridgehead atoms. The SMILES string of the molecule is Cc1ccccc1NC(=O)/C(C#N)=C\NCCc1c[nH]c2ccccc12. The number of aryl methyl sites for hydroxylation is 1. The summed E-state index contributed by atoms with van der Waals surface area (Å²) in [7, 11) is 0. The predicted molar refractivity (Wildman–Crippen MR) is 104 cm³/mol. The van der Waals surface area contributed by atoms with Gasteiger partial charge in [-0.05, 0) is 36.6 Å². The van der Waals surface area contributed by atoms with E-state index in [1.54, 1.807) is 0 Å². The Hall–Kier alpha value is -3.52. The van der Waals surface area contributed by atoms with Crippen molar-refractivity contribution >= 4 is 22.5 Å². The zero-order chi connectivity index (χ0) is 18.4. The van der Waals surface area contributed by atoms with Crippen molar-refractivity contribution in [3.05, 3.63) is 77.6 Å². The molecule has 0 saturated carbocycles. The predicted octanol–water partition coefficient (Wildman–Crippen LogP) is 3.65. The van der Waals surface area contributed by atoms with E-state index in [0.29, 0.717) is 12.2 Å². The minimum Gasteiger partial charge on any atom is -0.389 e. The summed E-state index contributed by atoms with van der Waals surface area (Å²) in [4.78, 5) is 15.5. The minimum atomic E-state index is -0.415. The summed E-state index contributed by atoms with van der Waals surface area (Å²) in [6.07, 6.45) is 4.26. The molecule has 0 spiro atoms. The molecule has 26 heavy (non-hydrogen) atoms. The van der Waals surface area contributed by atoms with Gasteiger partial charge in [0.1, 0.15) is 11.6 Å². The summed E-state index contributed by atoms with van der Waals surface area (Å²) in [5, 5.41) is 16.3. The maximum absolute atomic E-state index is 12.2. The van der Waals surface area contributed by atoms with Crippen molar-refractivity contribution in [1.82, 2.24) is 10.3 Å². The van der Waals surface area contributed by atoms with Crippen LogP contribution in [-0.4, -0.2) is 17.4 Å². The summed E-state index contributed by atoms with van der Waals surface area (Å²) in [6, 6.07) is 17.5. The molecule has 2 aromatic carbocycles. The number of aromatic amines is 1. The Morgan fingerprint density at radius 3 is 2.77 bits per heavy atom. The van der Waals surface area contributed by atoms with E-state index >= 15 is 0 Å². The van der Waals surface area contributed by atoms with E-state index in [2.05, 4.69) is 21.7 Å². The van der Waals surface area contributed by atoms with Crippen molar-refractivity contribution in [2.75, 3.05) is 11.9 Å². The first-order chi connectivity index (χ1) is 12.7. The third kappa shape index (κ3) is 3.93. The maximum Gasteiger partial charge on any atom is 0.267 e. The van der Waals surface area contributed by atoms with Gasteiger partial charge in [0, 0.05) is 35.5 Å². The molecule has 3 aromatic rings. The van der Waals surface area contributed by atoms with Gasteiger partial charge in [0.25, 0.3) is 5.91 Å². The van der Waals surface area contributed by atoms with Crippen LogP contribution in [-0.2, 0) is 11.2 Å². The van der Waals surface area contributed by atoms with Gasteiger partial charge < -0.3 is 15.6 Å². The van der Waals surface area contributed by atoms with Crippen LogP contribution in [0, 0.1) is 18.3 Å². The van der Waals surface area contributed by atoms with E-state index in [0.717, 1.165) is 17.5 Å². The third-order valence-electron chi connectivity index (χ3n) is 4.22. The molecule has 0 aliphatic heterocycles. The van der Waals surface area contributed by atoms with E-state index in [4.69, 9.17) is 0 Å². The van der Waals surface area contributed by atoms with Gasteiger partial charge in [0.15, 0.2) is 0 Å². The molecule has 0 saturated heterocycles. The van der Waals surface area contributed by atoms with Gasteiger partial charge in [-0.1, -0.05) is 36.4 Å². The van der Waals surface area contributed by atoms with Crippen molar-refractivity contribution in [2.45, 2.75) is 13.3 Å². The fourth-order valence-electron chi connectivity index (χ4n) is 2.77. The van der Waals surface area contributed by atoms with E-state index in [1.165, 1.54) is 17.1 Å². The summed E-state index contributed by atoms with van der Waals surface area (Å²) in [6.45, 7) is 2.54. The second-order valence-corrected chi connectivity index (χ2v) is 6.00. The zero-order valence-electron chi connectivity index (χ0n) is 14.5. The van der Waals surface area contributed by atoms with Gasteiger partial charge in [0.2, 0.25) is 0 Å². The monoisotopic (exact) mass is 344 g/mol. The summed E-state index contributed by atoms with van der Waals surface area (Å²) >= 11 is 0. The number of hydrogen-bond donors (Lipinski definition) is 3. The standard InChI is InChI=1S/C21H20N4O/c1-15-6-2-4-8-19(15)25-21(26)17(12-22)13-23-11-10-16-14-24-20-9-5-3-7-18(16)20/h2-9,13-14,23-24H,10-11H2,1H3,(H,25,26)/b17-13-. The van der Waals surface area contributed by atoms with E-state index < -0.39 is 5.91 Å². The quantitative estimate of drug-likeness (QED) is 0.363. The minimum absolute atomic E-state index is 0.0483. The molecule has 1 amide bonds. The number of carbonyl (C=O) groups is 1. The topological polar surface area (TPSA) is 80.7 Å². The lowest BCUT2D eigenvalue weighted by atomic mass is 10.1. The smallest absolute Gasteiger partial charge is 0.267 e. The lowest BCUT2D eigenvalue weighted by molar-refractivity contribution is -0.112. The molecule has 0 aliphatic rings. The molecule has 1 aromatic heterocycles. The van der Waals surface area contributed by atoms with Crippen LogP contribution in [0.5, 0.6) is 0 Å². The normalized spacial score (nSPS) is 11.2. The number of rotatable bonds is 6. The highest BCUT2D eigenvalue weighted by Gasteiger charge is 2.10. The first kappa shape index (κ1) is 17.3. The summed E-state index contributed by atoms with van der Waals surface area (Å²) in [5.74, 6) is -0.415. The molecule has 3 N–H and O–H groups in total. The number of amides is 1. The average Bonchev–Trinajstić information content (AvgIpc) is 3.07. The van der Waals surface area contributed by atoms with Crippen LogP contribution in [0.15, 0.2) is 66.5 Å². The number of benzene rings is 2. The second kappa shape index (κ2) is 8.04. The molecule has 1 heterocycles. The first-order valence-electron chi connectivity index (χ1n) is 8.44. The number of fused-ring (bicyclic) bond motifs is 1. The van der Waals surface area contributed by atoms with Gasteiger partial charge in [-0.15, -0.1) is 0 Å². The Bertz CT molecular complexity index is 994. The van der Waals surface area contributed by atoms with Gasteiger partial charge in [0.05, 0.1) is 0 Å². The van der Waals surface area contributed by atoms with Crippen molar-refractivity contribution in [3.63, 3.8) is 0 Å². The van der Waals surface area contributed by atoms with Crippen LogP contribution in [0.4, 0.5) is 5.69 Å². The fraction of sp³-hybridized carbons (Fsp3) is 0.143. The van der Waals surface area contributed by atoms with Gasteiger partial charge >= 0.3 is 0 Å². The lowest BCUT2D eigenvalue weighted by Gasteiger charge is -2.07. The third-order valence-corrected chi connectivity index (χ3v) is 4.22. The maximum atomic E-state index is 12.2. The molecular weight excluding hydrogens is 324 g/mol. The molecule has 0 atom stereocenters. The largest absolute Gasteiger partial charge is 0.389 e. The van der Waals surface area contributed by atoms with Crippen LogP contribution < -0.4 is 10.6 Å². The van der Waals surface area contributed by atoms with E-state index in [9.17, 15) is 10.1 Å². The highest BCUT2D eigenvalue weighted by atomic mass is 16.1. The molecule has 5 nitrogen and oxygen atoms in total. The molecule has 0 radical (unpaired) electrons. The summed E-state index contributed by atoms with van der Waals surface area (Å²) < 4.78 is 0. The van der Waals surface area contributed by atoms with Crippen LogP contribution in [0.1, 0.15) is 11.1 Å². The number of aromatic nitrogens is 1. The van der Waals surface area contributed by atoms with Crippen molar-refractivity contribution in [2.24, 2.45) is 0 Å². The summed E-state index contributed by atoms with van der Waals surface area (Å²) in [5.41, 5.74) is 4.01.